The molecule has 2 unspecified atom stereocenters. The Morgan fingerprint density at radius 3 is 2.43 bits per heavy atom. The normalized spacial score (nSPS) is 30.6. The van der Waals surface area contributed by atoms with Gasteiger partial charge in [0.25, 0.3) is 0 Å². The Kier molecular flexibility index (Phi) is 6.06. The monoisotopic (exact) mass is 295 g/mol. The van der Waals surface area contributed by atoms with Crippen LogP contribution in [0.25, 0.3) is 0 Å². The molecule has 0 aromatic rings. The molecule has 2 bridgehead atoms. The van der Waals surface area contributed by atoms with E-state index >= 15 is 0 Å². The first-order valence-corrected chi connectivity index (χ1v) is 8.68. The first-order valence-electron chi connectivity index (χ1n) is 8.68. The van der Waals surface area contributed by atoms with Crippen LogP contribution in [-0.4, -0.2) is 43.0 Å². The van der Waals surface area contributed by atoms with E-state index in [1.165, 1.54) is 25.7 Å². The molecule has 3 atom stereocenters. The Balaban J connectivity index is 1.69. The molecular formula is C17H33N3O. The van der Waals surface area contributed by atoms with Gasteiger partial charge in [-0.2, -0.15) is 0 Å². The van der Waals surface area contributed by atoms with Gasteiger partial charge in [0.1, 0.15) is 0 Å². The second-order valence-corrected chi connectivity index (χ2v) is 7.63. The molecule has 2 rings (SSSR count). The van der Waals surface area contributed by atoms with E-state index in [-0.39, 0.29) is 5.91 Å². The van der Waals surface area contributed by atoms with E-state index in [0.717, 1.165) is 25.0 Å². The standard InChI is InChI=1S/C17H33N3O/c1-12(2)6-13(10-18)9-17(21)19-11-14-7-15-4-5-16(8-14)20(15)3/h12-16H,4-11,18H2,1-3H3,(H,19,21)/t13-,14?,15?,16?/m0/s1. The van der Waals surface area contributed by atoms with Crippen molar-refractivity contribution in [3.05, 3.63) is 0 Å². The molecule has 0 spiro atoms. The van der Waals surface area contributed by atoms with Gasteiger partial charge in [-0.15, -0.1) is 0 Å². The molecule has 122 valence electrons. The molecule has 0 aliphatic carbocycles. The Morgan fingerprint density at radius 2 is 1.90 bits per heavy atom. The highest BCUT2D eigenvalue weighted by Gasteiger charge is 2.38. The molecule has 0 radical (unpaired) electrons. The number of carbonyl (C=O) groups is 1. The summed E-state index contributed by atoms with van der Waals surface area (Å²) in [7, 11) is 2.26. The van der Waals surface area contributed by atoms with E-state index in [0.29, 0.717) is 30.7 Å². The molecule has 0 aromatic heterocycles. The SMILES string of the molecule is CC(C)C[C@H](CN)CC(=O)NCC1CC2CCC(C1)N2C. The van der Waals surface area contributed by atoms with Crippen LogP contribution in [-0.2, 0) is 4.79 Å². The fourth-order valence-corrected chi connectivity index (χ4v) is 4.21. The van der Waals surface area contributed by atoms with Gasteiger partial charge in [0.15, 0.2) is 0 Å². The number of hydrogen-bond donors (Lipinski definition) is 2. The van der Waals surface area contributed by atoms with Crippen LogP contribution in [0.15, 0.2) is 0 Å². The van der Waals surface area contributed by atoms with Crippen molar-refractivity contribution < 1.29 is 4.79 Å². The minimum atomic E-state index is 0.192. The number of carbonyl (C=O) groups excluding carboxylic acids is 1. The van der Waals surface area contributed by atoms with Crippen LogP contribution in [0.3, 0.4) is 0 Å². The zero-order chi connectivity index (χ0) is 15.4. The molecule has 2 saturated heterocycles. The van der Waals surface area contributed by atoms with Gasteiger partial charge in [-0.1, -0.05) is 13.8 Å². The van der Waals surface area contributed by atoms with Crippen molar-refractivity contribution in [2.24, 2.45) is 23.5 Å². The number of hydrogen-bond acceptors (Lipinski definition) is 3. The van der Waals surface area contributed by atoms with Crippen molar-refractivity contribution in [1.82, 2.24) is 10.2 Å². The van der Waals surface area contributed by atoms with Crippen LogP contribution in [0.4, 0.5) is 0 Å². The third kappa shape index (κ3) is 4.68. The lowest BCUT2D eigenvalue weighted by Gasteiger charge is -2.36. The highest BCUT2D eigenvalue weighted by atomic mass is 16.1. The Bertz CT molecular complexity index is 331. The maximum atomic E-state index is 12.1. The fraction of sp³-hybridized carbons (Fsp3) is 0.941. The summed E-state index contributed by atoms with van der Waals surface area (Å²) in [6.07, 6.45) is 6.82. The molecular weight excluding hydrogens is 262 g/mol. The average Bonchev–Trinajstić information content (AvgIpc) is 2.66. The summed E-state index contributed by atoms with van der Waals surface area (Å²) in [6.45, 7) is 5.85. The van der Waals surface area contributed by atoms with E-state index < -0.39 is 0 Å². The summed E-state index contributed by atoms with van der Waals surface area (Å²) in [5.41, 5.74) is 5.78. The first-order chi connectivity index (χ1) is 9.99. The lowest BCUT2D eigenvalue weighted by atomic mass is 9.90. The topological polar surface area (TPSA) is 58.4 Å². The number of nitrogens with zero attached hydrogens (tertiary/aromatic N) is 1. The quantitative estimate of drug-likeness (QED) is 0.755. The number of nitrogens with one attached hydrogen (secondary N) is 1. The maximum Gasteiger partial charge on any atom is 0.220 e. The van der Waals surface area contributed by atoms with Gasteiger partial charge >= 0.3 is 0 Å². The van der Waals surface area contributed by atoms with Crippen LogP contribution in [0, 0.1) is 17.8 Å². The molecule has 3 N–H and O–H groups in total. The van der Waals surface area contributed by atoms with E-state index in [2.05, 4.69) is 31.1 Å². The summed E-state index contributed by atoms with van der Waals surface area (Å²) in [5, 5.41) is 3.16. The Hall–Kier alpha value is -0.610. The summed E-state index contributed by atoms with van der Waals surface area (Å²) >= 11 is 0. The van der Waals surface area contributed by atoms with Gasteiger partial charge in [-0.25, -0.2) is 0 Å². The largest absolute Gasteiger partial charge is 0.356 e. The highest BCUT2D eigenvalue weighted by molar-refractivity contribution is 5.76. The molecule has 2 heterocycles. The smallest absolute Gasteiger partial charge is 0.220 e. The molecule has 2 aliphatic rings. The molecule has 0 saturated carbocycles. The summed E-state index contributed by atoms with van der Waals surface area (Å²) in [4.78, 5) is 14.6. The van der Waals surface area contributed by atoms with Crippen molar-refractivity contribution >= 4 is 5.91 Å². The van der Waals surface area contributed by atoms with Crippen molar-refractivity contribution in [1.29, 1.82) is 0 Å². The maximum absolute atomic E-state index is 12.1. The molecule has 4 nitrogen and oxygen atoms in total. The van der Waals surface area contributed by atoms with Crippen LogP contribution in [0.1, 0.15) is 52.4 Å². The minimum Gasteiger partial charge on any atom is -0.356 e. The van der Waals surface area contributed by atoms with E-state index in [1.807, 2.05) is 0 Å². The molecule has 21 heavy (non-hydrogen) atoms. The third-order valence-electron chi connectivity index (χ3n) is 5.40. The second kappa shape index (κ2) is 7.59. The van der Waals surface area contributed by atoms with Gasteiger partial charge in [0.2, 0.25) is 5.91 Å². The van der Waals surface area contributed by atoms with Crippen molar-refractivity contribution in [3.8, 4) is 0 Å². The Morgan fingerprint density at radius 1 is 1.29 bits per heavy atom. The third-order valence-corrected chi connectivity index (χ3v) is 5.40. The number of fused-ring (bicyclic) bond motifs is 2. The molecule has 2 fully saturated rings. The highest BCUT2D eigenvalue weighted by Crippen LogP contribution is 2.37. The lowest BCUT2D eigenvalue weighted by Crippen LogP contribution is -2.43. The molecule has 1 amide bonds. The van der Waals surface area contributed by atoms with Crippen molar-refractivity contribution in [3.63, 3.8) is 0 Å². The first kappa shape index (κ1) is 16.8. The van der Waals surface area contributed by atoms with E-state index in [4.69, 9.17) is 5.73 Å². The van der Waals surface area contributed by atoms with Crippen LogP contribution >= 0.6 is 0 Å². The van der Waals surface area contributed by atoms with Gasteiger partial charge in [-0.3, -0.25) is 4.79 Å². The van der Waals surface area contributed by atoms with Crippen LogP contribution < -0.4 is 11.1 Å². The predicted octanol–water partition coefficient (Wildman–Crippen LogP) is 1.99. The number of rotatable bonds is 7. The number of piperidine rings is 1. The number of nitrogens with two attached hydrogens (primary N) is 1. The second-order valence-electron chi connectivity index (χ2n) is 7.63. The average molecular weight is 295 g/mol. The molecule has 0 aromatic carbocycles. The number of amides is 1. The zero-order valence-electron chi connectivity index (χ0n) is 14.0. The summed E-state index contributed by atoms with van der Waals surface area (Å²) in [6, 6.07) is 1.51. The van der Waals surface area contributed by atoms with Crippen molar-refractivity contribution in [2.75, 3.05) is 20.1 Å². The van der Waals surface area contributed by atoms with E-state index in [1.54, 1.807) is 0 Å². The molecule has 4 heteroatoms. The lowest BCUT2D eigenvalue weighted by molar-refractivity contribution is -0.122. The van der Waals surface area contributed by atoms with Crippen LogP contribution in [0.5, 0.6) is 0 Å². The fourth-order valence-electron chi connectivity index (χ4n) is 4.21. The Labute approximate surface area is 129 Å². The van der Waals surface area contributed by atoms with Gasteiger partial charge in [-0.05, 0) is 63.5 Å². The zero-order valence-corrected chi connectivity index (χ0v) is 14.0. The minimum absolute atomic E-state index is 0.192. The van der Waals surface area contributed by atoms with Gasteiger partial charge in [0.05, 0.1) is 0 Å². The molecule has 2 aliphatic heterocycles. The van der Waals surface area contributed by atoms with Gasteiger partial charge in [0, 0.05) is 25.0 Å². The van der Waals surface area contributed by atoms with Crippen molar-refractivity contribution in [2.45, 2.75) is 64.5 Å². The summed E-state index contributed by atoms with van der Waals surface area (Å²) < 4.78 is 0. The van der Waals surface area contributed by atoms with E-state index in [9.17, 15) is 4.79 Å². The summed E-state index contributed by atoms with van der Waals surface area (Å²) in [5.74, 6) is 1.80. The van der Waals surface area contributed by atoms with Gasteiger partial charge < -0.3 is 16.0 Å². The van der Waals surface area contributed by atoms with Crippen LogP contribution in [0.2, 0.25) is 0 Å². The predicted molar refractivity (Wildman–Crippen MR) is 86.9 cm³/mol.